The summed E-state index contributed by atoms with van der Waals surface area (Å²) in [4.78, 5) is 14.2. The Morgan fingerprint density at radius 2 is 1.96 bits per heavy atom. The molecule has 0 spiro atoms. The van der Waals surface area contributed by atoms with Crippen LogP contribution in [0, 0.1) is 0 Å². The monoisotopic (exact) mass is 340 g/mol. The summed E-state index contributed by atoms with van der Waals surface area (Å²) in [6.45, 7) is 2.38. The molecule has 0 unspecified atom stereocenters. The molecule has 0 bridgehead atoms. The Balaban J connectivity index is 1.47. The maximum atomic E-state index is 12.4. The number of hydrogen-bond donors (Lipinski definition) is 1. The highest BCUT2D eigenvalue weighted by atomic mass is 16.5. The van der Waals surface area contributed by atoms with Gasteiger partial charge in [-0.1, -0.05) is 42.5 Å². The van der Waals surface area contributed by atoms with E-state index in [0.717, 1.165) is 17.7 Å². The lowest BCUT2D eigenvalue weighted by Gasteiger charge is -2.33. The maximum absolute atomic E-state index is 12.4. The molecular weight excluding hydrogens is 316 g/mol. The molecule has 1 N–H and O–H groups in total. The van der Waals surface area contributed by atoms with Gasteiger partial charge >= 0.3 is 6.03 Å². The number of amides is 2. The molecule has 2 amide bonds. The van der Waals surface area contributed by atoms with E-state index in [1.54, 1.807) is 7.11 Å². The first-order valence-electron chi connectivity index (χ1n) is 8.58. The zero-order valence-electron chi connectivity index (χ0n) is 14.5. The van der Waals surface area contributed by atoms with Gasteiger partial charge in [-0.05, 0) is 29.7 Å². The number of ether oxygens (including phenoxy) is 2. The Morgan fingerprint density at radius 3 is 2.68 bits per heavy atom. The SMILES string of the molecule is COc1ccc(CCNC(=O)N2CCO[C@@H](c3ccccc3)C2)cc1. The molecule has 0 aliphatic carbocycles. The van der Waals surface area contributed by atoms with Gasteiger partial charge in [-0.25, -0.2) is 4.79 Å². The minimum absolute atomic E-state index is 0.0299. The second-order valence-electron chi connectivity index (χ2n) is 6.05. The third-order valence-corrected chi connectivity index (χ3v) is 4.37. The van der Waals surface area contributed by atoms with Crippen LogP contribution in [-0.2, 0) is 11.2 Å². The molecule has 1 atom stereocenters. The van der Waals surface area contributed by atoms with Gasteiger partial charge in [0.15, 0.2) is 0 Å². The van der Waals surface area contributed by atoms with Gasteiger partial charge in [0.1, 0.15) is 11.9 Å². The number of carbonyl (C=O) groups excluding carboxylic acids is 1. The molecule has 0 aromatic heterocycles. The van der Waals surface area contributed by atoms with Gasteiger partial charge in [-0.15, -0.1) is 0 Å². The van der Waals surface area contributed by atoms with E-state index in [4.69, 9.17) is 9.47 Å². The van der Waals surface area contributed by atoms with Crippen LogP contribution in [0.25, 0.3) is 0 Å². The molecule has 0 saturated carbocycles. The Kier molecular flexibility index (Phi) is 5.90. The molecule has 3 rings (SSSR count). The van der Waals surface area contributed by atoms with E-state index in [9.17, 15) is 4.79 Å². The Morgan fingerprint density at radius 1 is 1.20 bits per heavy atom. The van der Waals surface area contributed by atoms with Crippen molar-refractivity contribution in [2.75, 3.05) is 33.4 Å². The van der Waals surface area contributed by atoms with E-state index in [0.29, 0.717) is 26.2 Å². The first-order valence-corrected chi connectivity index (χ1v) is 8.58. The summed E-state index contributed by atoms with van der Waals surface area (Å²) in [5.41, 5.74) is 2.28. The van der Waals surface area contributed by atoms with Crippen LogP contribution in [0.5, 0.6) is 5.75 Å². The first-order chi connectivity index (χ1) is 12.3. The van der Waals surface area contributed by atoms with Gasteiger partial charge in [0.25, 0.3) is 0 Å². The van der Waals surface area contributed by atoms with Gasteiger partial charge in [0, 0.05) is 13.1 Å². The fourth-order valence-electron chi connectivity index (χ4n) is 2.92. The molecular formula is C20H24N2O3. The predicted molar refractivity (Wildman–Crippen MR) is 96.8 cm³/mol. The zero-order valence-corrected chi connectivity index (χ0v) is 14.5. The third kappa shape index (κ3) is 4.73. The van der Waals surface area contributed by atoms with Crippen molar-refractivity contribution in [2.45, 2.75) is 12.5 Å². The maximum Gasteiger partial charge on any atom is 0.317 e. The van der Waals surface area contributed by atoms with Crippen molar-refractivity contribution in [3.05, 3.63) is 65.7 Å². The minimum atomic E-state index is -0.0534. The van der Waals surface area contributed by atoms with Crippen LogP contribution in [0.1, 0.15) is 17.2 Å². The van der Waals surface area contributed by atoms with Gasteiger partial charge in [-0.3, -0.25) is 0 Å². The van der Waals surface area contributed by atoms with E-state index in [-0.39, 0.29) is 12.1 Å². The van der Waals surface area contributed by atoms with Gasteiger partial charge in [0.05, 0.1) is 20.3 Å². The summed E-state index contributed by atoms with van der Waals surface area (Å²) < 4.78 is 11.0. The highest BCUT2D eigenvalue weighted by Gasteiger charge is 2.24. The number of benzene rings is 2. The number of rotatable bonds is 5. The average molecular weight is 340 g/mol. The van der Waals surface area contributed by atoms with Crippen LogP contribution >= 0.6 is 0 Å². The van der Waals surface area contributed by atoms with E-state index < -0.39 is 0 Å². The van der Waals surface area contributed by atoms with Crippen molar-refractivity contribution in [2.24, 2.45) is 0 Å². The van der Waals surface area contributed by atoms with Crippen molar-refractivity contribution in [3.8, 4) is 5.75 Å². The Labute approximate surface area is 148 Å². The largest absolute Gasteiger partial charge is 0.497 e. The summed E-state index contributed by atoms with van der Waals surface area (Å²) >= 11 is 0. The molecule has 1 fully saturated rings. The number of nitrogens with zero attached hydrogens (tertiary/aromatic N) is 1. The van der Waals surface area contributed by atoms with Gasteiger partial charge in [-0.2, -0.15) is 0 Å². The van der Waals surface area contributed by atoms with Crippen LogP contribution < -0.4 is 10.1 Å². The number of hydrogen-bond acceptors (Lipinski definition) is 3. The summed E-state index contributed by atoms with van der Waals surface area (Å²) in [6, 6.07) is 17.9. The quantitative estimate of drug-likeness (QED) is 0.910. The van der Waals surface area contributed by atoms with E-state index >= 15 is 0 Å². The molecule has 2 aromatic rings. The van der Waals surface area contributed by atoms with E-state index in [1.165, 1.54) is 5.56 Å². The van der Waals surface area contributed by atoms with Crippen LogP contribution in [0.4, 0.5) is 4.79 Å². The highest BCUT2D eigenvalue weighted by Crippen LogP contribution is 2.21. The smallest absolute Gasteiger partial charge is 0.317 e. The lowest BCUT2D eigenvalue weighted by Crippen LogP contribution is -2.47. The second-order valence-corrected chi connectivity index (χ2v) is 6.05. The Bertz CT molecular complexity index is 673. The highest BCUT2D eigenvalue weighted by molar-refractivity contribution is 5.74. The number of methoxy groups -OCH3 is 1. The minimum Gasteiger partial charge on any atom is -0.497 e. The molecule has 132 valence electrons. The van der Waals surface area contributed by atoms with Crippen LogP contribution in [0.3, 0.4) is 0 Å². The van der Waals surface area contributed by atoms with Gasteiger partial charge in [0.2, 0.25) is 0 Å². The van der Waals surface area contributed by atoms with Crippen molar-refractivity contribution in [3.63, 3.8) is 0 Å². The van der Waals surface area contributed by atoms with Gasteiger partial charge < -0.3 is 19.7 Å². The lowest BCUT2D eigenvalue weighted by molar-refractivity contribution is -0.0153. The second kappa shape index (κ2) is 8.53. The predicted octanol–water partition coefficient (Wildman–Crippen LogP) is 3.02. The van der Waals surface area contributed by atoms with Crippen molar-refractivity contribution in [1.29, 1.82) is 0 Å². The summed E-state index contributed by atoms with van der Waals surface area (Å²) in [5, 5.41) is 3.00. The number of urea groups is 1. The van der Waals surface area contributed by atoms with E-state index in [2.05, 4.69) is 5.32 Å². The standard InChI is InChI=1S/C20H24N2O3/c1-24-18-9-7-16(8-10-18)11-12-21-20(23)22-13-14-25-19(15-22)17-5-3-2-4-6-17/h2-10,19H,11-15H2,1H3,(H,21,23)/t19-/m1/s1. The Hall–Kier alpha value is -2.53. The lowest BCUT2D eigenvalue weighted by atomic mass is 10.1. The third-order valence-electron chi connectivity index (χ3n) is 4.37. The molecule has 25 heavy (non-hydrogen) atoms. The topological polar surface area (TPSA) is 50.8 Å². The molecule has 5 nitrogen and oxygen atoms in total. The van der Waals surface area contributed by atoms with Crippen LogP contribution in [0.2, 0.25) is 0 Å². The summed E-state index contributed by atoms with van der Waals surface area (Å²) in [6.07, 6.45) is 0.740. The molecule has 1 heterocycles. The van der Waals surface area contributed by atoms with Crippen LogP contribution in [-0.4, -0.2) is 44.3 Å². The molecule has 1 aliphatic rings. The summed E-state index contributed by atoms with van der Waals surface area (Å²) in [7, 11) is 1.65. The first kappa shape index (κ1) is 17.3. The van der Waals surface area contributed by atoms with Crippen LogP contribution in [0.15, 0.2) is 54.6 Å². The van der Waals surface area contributed by atoms with Crippen molar-refractivity contribution >= 4 is 6.03 Å². The molecule has 1 saturated heterocycles. The number of carbonyl (C=O) groups is 1. The molecule has 0 radical (unpaired) electrons. The van der Waals surface area contributed by atoms with Crippen molar-refractivity contribution < 1.29 is 14.3 Å². The van der Waals surface area contributed by atoms with Crippen molar-refractivity contribution in [1.82, 2.24) is 10.2 Å². The fraction of sp³-hybridized carbons (Fsp3) is 0.350. The number of nitrogens with one attached hydrogen (secondary N) is 1. The normalized spacial score (nSPS) is 17.2. The molecule has 5 heteroatoms. The number of morpholine rings is 1. The fourth-order valence-corrected chi connectivity index (χ4v) is 2.92. The summed E-state index contributed by atoms with van der Waals surface area (Å²) in [5.74, 6) is 0.841. The zero-order chi connectivity index (χ0) is 17.5. The molecule has 1 aliphatic heterocycles. The average Bonchev–Trinajstić information content (AvgIpc) is 2.69. The molecule has 2 aromatic carbocycles. The van der Waals surface area contributed by atoms with E-state index in [1.807, 2.05) is 59.5 Å².